The van der Waals surface area contributed by atoms with Crippen LogP contribution in [0.15, 0.2) is 36.4 Å². The SMILES string of the molecule is CCCOc1ccc(C(C)(C)c2ccc(O)c(C#N)c2)cc1C#N. The number of hydrogen-bond donors (Lipinski definition) is 1. The molecule has 1 N–H and O–H groups in total. The molecule has 0 aliphatic heterocycles. The van der Waals surface area contributed by atoms with Gasteiger partial charge in [0.25, 0.3) is 0 Å². The lowest BCUT2D eigenvalue weighted by Crippen LogP contribution is -2.19. The molecule has 122 valence electrons. The highest BCUT2D eigenvalue weighted by Gasteiger charge is 2.25. The third-order valence-corrected chi connectivity index (χ3v) is 4.12. The minimum atomic E-state index is -0.422. The molecule has 0 saturated carbocycles. The van der Waals surface area contributed by atoms with Crippen molar-refractivity contribution in [2.75, 3.05) is 6.61 Å². The summed E-state index contributed by atoms with van der Waals surface area (Å²) in [6.45, 7) is 6.62. The van der Waals surface area contributed by atoms with E-state index in [4.69, 9.17) is 10.00 Å². The molecule has 4 heteroatoms. The summed E-state index contributed by atoms with van der Waals surface area (Å²) >= 11 is 0. The van der Waals surface area contributed by atoms with Crippen LogP contribution in [0.5, 0.6) is 11.5 Å². The third-order valence-electron chi connectivity index (χ3n) is 4.12. The number of ether oxygens (including phenoxy) is 1. The molecule has 0 unspecified atom stereocenters. The molecule has 0 heterocycles. The van der Waals surface area contributed by atoms with Gasteiger partial charge < -0.3 is 9.84 Å². The van der Waals surface area contributed by atoms with Crippen LogP contribution in [-0.2, 0) is 5.41 Å². The Morgan fingerprint density at radius 1 is 1.00 bits per heavy atom. The van der Waals surface area contributed by atoms with Crippen LogP contribution in [0.1, 0.15) is 49.4 Å². The van der Waals surface area contributed by atoms with E-state index >= 15 is 0 Å². The van der Waals surface area contributed by atoms with E-state index < -0.39 is 5.41 Å². The maximum absolute atomic E-state index is 9.69. The summed E-state index contributed by atoms with van der Waals surface area (Å²) in [6, 6.07) is 14.8. The van der Waals surface area contributed by atoms with Gasteiger partial charge in [0.15, 0.2) is 0 Å². The van der Waals surface area contributed by atoms with Crippen molar-refractivity contribution in [1.82, 2.24) is 0 Å². The van der Waals surface area contributed by atoms with Crippen LogP contribution < -0.4 is 4.74 Å². The minimum absolute atomic E-state index is 0.0296. The van der Waals surface area contributed by atoms with Crippen molar-refractivity contribution < 1.29 is 9.84 Å². The predicted molar refractivity (Wildman–Crippen MR) is 91.9 cm³/mol. The summed E-state index contributed by atoms with van der Waals surface area (Å²) in [5.41, 5.74) is 2.14. The standard InChI is InChI=1S/C20H20N2O2/c1-4-9-24-19-8-6-17(11-15(19)13-22)20(2,3)16-5-7-18(23)14(10-16)12-21/h5-8,10-11,23H,4,9H2,1-3H3. The molecule has 0 saturated heterocycles. The van der Waals surface area contributed by atoms with Gasteiger partial charge in [0.1, 0.15) is 23.6 Å². The molecule has 2 aromatic rings. The smallest absolute Gasteiger partial charge is 0.137 e. The Labute approximate surface area is 142 Å². The molecule has 2 aromatic carbocycles. The molecule has 0 spiro atoms. The molecule has 24 heavy (non-hydrogen) atoms. The molecule has 0 radical (unpaired) electrons. The van der Waals surface area contributed by atoms with Gasteiger partial charge in [0.05, 0.1) is 17.7 Å². The fraction of sp³-hybridized carbons (Fsp3) is 0.300. The molecule has 0 bridgehead atoms. The Hall–Kier alpha value is -2.98. The first-order valence-electron chi connectivity index (χ1n) is 7.85. The zero-order chi connectivity index (χ0) is 17.7. The van der Waals surface area contributed by atoms with Gasteiger partial charge in [-0.15, -0.1) is 0 Å². The van der Waals surface area contributed by atoms with E-state index in [1.165, 1.54) is 6.07 Å². The van der Waals surface area contributed by atoms with Gasteiger partial charge in [-0.2, -0.15) is 10.5 Å². The monoisotopic (exact) mass is 320 g/mol. The highest BCUT2D eigenvalue weighted by molar-refractivity contribution is 5.52. The van der Waals surface area contributed by atoms with Gasteiger partial charge in [-0.3, -0.25) is 0 Å². The summed E-state index contributed by atoms with van der Waals surface area (Å²) in [4.78, 5) is 0. The Balaban J connectivity index is 2.46. The highest BCUT2D eigenvalue weighted by atomic mass is 16.5. The normalized spacial score (nSPS) is 10.7. The Bertz CT molecular complexity index is 827. The quantitative estimate of drug-likeness (QED) is 0.893. The van der Waals surface area contributed by atoms with Crippen LogP contribution in [0.25, 0.3) is 0 Å². The lowest BCUT2D eigenvalue weighted by atomic mass is 9.77. The van der Waals surface area contributed by atoms with E-state index in [0.717, 1.165) is 17.5 Å². The van der Waals surface area contributed by atoms with Crippen LogP contribution in [0.4, 0.5) is 0 Å². The molecule has 0 atom stereocenters. The van der Waals surface area contributed by atoms with E-state index in [0.29, 0.717) is 17.9 Å². The predicted octanol–water partition coefficient (Wildman–Crippen LogP) is 4.25. The van der Waals surface area contributed by atoms with Crippen LogP contribution in [0, 0.1) is 22.7 Å². The maximum Gasteiger partial charge on any atom is 0.137 e. The van der Waals surface area contributed by atoms with Crippen molar-refractivity contribution in [2.24, 2.45) is 0 Å². The van der Waals surface area contributed by atoms with E-state index in [9.17, 15) is 10.4 Å². The topological polar surface area (TPSA) is 77.0 Å². The lowest BCUT2D eigenvalue weighted by molar-refractivity contribution is 0.316. The maximum atomic E-state index is 9.69. The molecule has 4 nitrogen and oxygen atoms in total. The van der Waals surface area contributed by atoms with Gasteiger partial charge in [0.2, 0.25) is 0 Å². The molecule has 0 aliphatic carbocycles. The lowest BCUT2D eigenvalue weighted by Gasteiger charge is -2.27. The number of phenols is 1. The van der Waals surface area contributed by atoms with Crippen LogP contribution in [0.2, 0.25) is 0 Å². The first-order valence-corrected chi connectivity index (χ1v) is 7.85. The number of benzene rings is 2. The largest absolute Gasteiger partial charge is 0.507 e. The first kappa shape index (κ1) is 17.4. The zero-order valence-corrected chi connectivity index (χ0v) is 14.1. The molecular formula is C20H20N2O2. The van der Waals surface area contributed by atoms with Crippen molar-refractivity contribution in [1.29, 1.82) is 10.5 Å². The third kappa shape index (κ3) is 3.34. The van der Waals surface area contributed by atoms with Crippen molar-refractivity contribution in [3.8, 4) is 23.6 Å². The number of hydrogen-bond acceptors (Lipinski definition) is 4. The summed E-state index contributed by atoms with van der Waals surface area (Å²) in [7, 11) is 0. The van der Waals surface area contributed by atoms with E-state index in [2.05, 4.69) is 6.07 Å². The minimum Gasteiger partial charge on any atom is -0.507 e. The number of nitriles is 2. The molecule has 0 aromatic heterocycles. The van der Waals surface area contributed by atoms with Crippen LogP contribution in [0.3, 0.4) is 0 Å². The Morgan fingerprint density at radius 3 is 2.17 bits per heavy atom. The van der Waals surface area contributed by atoms with E-state index in [-0.39, 0.29) is 11.3 Å². The van der Waals surface area contributed by atoms with Gasteiger partial charge in [-0.25, -0.2) is 0 Å². The van der Waals surface area contributed by atoms with Crippen molar-refractivity contribution in [3.05, 3.63) is 58.7 Å². The Kier molecular flexibility index (Phi) is 5.11. The molecular weight excluding hydrogens is 300 g/mol. The summed E-state index contributed by atoms with van der Waals surface area (Å²) < 4.78 is 5.60. The van der Waals surface area contributed by atoms with Crippen LogP contribution >= 0.6 is 0 Å². The average Bonchev–Trinajstić information content (AvgIpc) is 2.59. The second kappa shape index (κ2) is 7.06. The van der Waals surface area contributed by atoms with Gasteiger partial charge >= 0.3 is 0 Å². The molecule has 0 aliphatic rings. The number of aromatic hydroxyl groups is 1. The van der Waals surface area contributed by atoms with Crippen LogP contribution in [-0.4, -0.2) is 11.7 Å². The van der Waals surface area contributed by atoms with Crippen molar-refractivity contribution in [3.63, 3.8) is 0 Å². The van der Waals surface area contributed by atoms with Gasteiger partial charge in [0, 0.05) is 5.41 Å². The van der Waals surface area contributed by atoms with E-state index in [1.807, 2.05) is 45.0 Å². The molecule has 2 rings (SSSR count). The number of phenolic OH excluding ortho intramolecular Hbond substituents is 1. The summed E-state index contributed by atoms with van der Waals surface area (Å²) in [6.07, 6.45) is 0.878. The highest BCUT2D eigenvalue weighted by Crippen LogP contribution is 2.35. The van der Waals surface area contributed by atoms with Gasteiger partial charge in [-0.1, -0.05) is 32.9 Å². The van der Waals surface area contributed by atoms with Crippen molar-refractivity contribution >= 4 is 0 Å². The second-order valence-electron chi connectivity index (χ2n) is 6.14. The summed E-state index contributed by atoms with van der Waals surface area (Å²) in [5, 5.41) is 28.2. The fourth-order valence-corrected chi connectivity index (χ4v) is 2.53. The molecule has 0 amide bonds. The summed E-state index contributed by atoms with van der Waals surface area (Å²) in [5.74, 6) is 0.556. The van der Waals surface area contributed by atoms with Gasteiger partial charge in [-0.05, 0) is 41.8 Å². The number of nitrogens with zero attached hydrogens (tertiary/aromatic N) is 2. The average molecular weight is 320 g/mol. The van der Waals surface area contributed by atoms with E-state index in [1.54, 1.807) is 12.1 Å². The fourth-order valence-electron chi connectivity index (χ4n) is 2.53. The van der Waals surface area contributed by atoms with Crippen molar-refractivity contribution in [2.45, 2.75) is 32.6 Å². The second-order valence-corrected chi connectivity index (χ2v) is 6.14. The zero-order valence-electron chi connectivity index (χ0n) is 14.1. The first-order chi connectivity index (χ1) is 11.4. The molecule has 0 fully saturated rings. The Morgan fingerprint density at radius 2 is 1.58 bits per heavy atom. The number of rotatable bonds is 5.